The molecule has 0 aromatic carbocycles. The summed E-state index contributed by atoms with van der Waals surface area (Å²) < 4.78 is 0. The number of likely N-dealkylation sites (tertiary alicyclic amines) is 1. The summed E-state index contributed by atoms with van der Waals surface area (Å²) >= 11 is 0. The van der Waals surface area contributed by atoms with Gasteiger partial charge in [-0.15, -0.1) is 0 Å². The minimum atomic E-state index is 0.759. The fourth-order valence-corrected chi connectivity index (χ4v) is 2.71. The lowest BCUT2D eigenvalue weighted by Crippen LogP contribution is -2.51. The minimum Gasteiger partial charge on any atom is -0.310 e. The smallest absolute Gasteiger partial charge is 0.0200 e. The van der Waals surface area contributed by atoms with Crippen LogP contribution in [0.5, 0.6) is 0 Å². The summed E-state index contributed by atoms with van der Waals surface area (Å²) in [6, 6.07) is 2.38. The first kappa shape index (κ1) is 11.4. The first-order valence-corrected chi connectivity index (χ1v) is 6.69. The Bertz CT molecular complexity index is 199. The van der Waals surface area contributed by atoms with Crippen molar-refractivity contribution in [3.8, 4) is 0 Å². The van der Waals surface area contributed by atoms with E-state index in [-0.39, 0.29) is 0 Å². The zero-order valence-electron chi connectivity index (χ0n) is 10.5. The average Bonchev–Trinajstić information content (AvgIpc) is 2.99. The van der Waals surface area contributed by atoms with Gasteiger partial charge in [0.1, 0.15) is 0 Å². The molecule has 2 aliphatic rings. The molecule has 1 heterocycles. The Balaban J connectivity index is 1.84. The number of hydrogen-bond acceptors (Lipinski definition) is 2. The van der Waals surface area contributed by atoms with Crippen LogP contribution in [0.15, 0.2) is 0 Å². The number of hydrogen-bond donors (Lipinski definition) is 1. The standard InChI is InChI=1S/C13H26N2/c1-4-11(3)15-8-10(2)7-13(9-15)14-12-5-6-12/h10-14H,4-9H2,1-3H3. The second-order valence-corrected chi connectivity index (χ2v) is 5.69. The van der Waals surface area contributed by atoms with Crippen molar-refractivity contribution in [3.05, 3.63) is 0 Å². The summed E-state index contributed by atoms with van der Waals surface area (Å²) in [5.74, 6) is 0.865. The number of nitrogens with one attached hydrogen (secondary N) is 1. The van der Waals surface area contributed by atoms with Gasteiger partial charge in [0.2, 0.25) is 0 Å². The van der Waals surface area contributed by atoms with E-state index < -0.39 is 0 Å². The lowest BCUT2D eigenvalue weighted by molar-refractivity contribution is 0.108. The molecule has 1 saturated carbocycles. The van der Waals surface area contributed by atoms with Crippen molar-refractivity contribution >= 4 is 0 Å². The third-order valence-electron chi connectivity index (χ3n) is 3.95. The highest BCUT2D eigenvalue weighted by molar-refractivity contribution is 4.90. The van der Waals surface area contributed by atoms with E-state index in [1.54, 1.807) is 0 Å². The van der Waals surface area contributed by atoms with Gasteiger partial charge < -0.3 is 5.32 Å². The maximum absolute atomic E-state index is 3.79. The topological polar surface area (TPSA) is 15.3 Å². The largest absolute Gasteiger partial charge is 0.310 e. The van der Waals surface area contributed by atoms with Crippen LogP contribution in [0.4, 0.5) is 0 Å². The van der Waals surface area contributed by atoms with Crippen molar-refractivity contribution in [2.75, 3.05) is 13.1 Å². The molecule has 1 N–H and O–H groups in total. The van der Waals surface area contributed by atoms with Crippen LogP contribution in [0.25, 0.3) is 0 Å². The van der Waals surface area contributed by atoms with E-state index in [9.17, 15) is 0 Å². The van der Waals surface area contributed by atoms with Gasteiger partial charge in [0.05, 0.1) is 0 Å². The summed E-state index contributed by atoms with van der Waals surface area (Å²) in [6.07, 6.45) is 5.48. The second-order valence-electron chi connectivity index (χ2n) is 5.69. The van der Waals surface area contributed by atoms with Gasteiger partial charge in [0.15, 0.2) is 0 Å². The monoisotopic (exact) mass is 210 g/mol. The molecule has 0 aromatic heterocycles. The van der Waals surface area contributed by atoms with Gasteiger partial charge in [-0.25, -0.2) is 0 Å². The zero-order chi connectivity index (χ0) is 10.8. The third kappa shape index (κ3) is 3.18. The lowest BCUT2D eigenvalue weighted by atomic mass is 9.94. The van der Waals surface area contributed by atoms with E-state index in [0.29, 0.717) is 0 Å². The van der Waals surface area contributed by atoms with Crippen LogP contribution in [0.3, 0.4) is 0 Å². The molecule has 2 heteroatoms. The summed E-state index contributed by atoms with van der Waals surface area (Å²) in [5.41, 5.74) is 0. The Morgan fingerprint density at radius 1 is 1.27 bits per heavy atom. The molecule has 3 atom stereocenters. The molecule has 3 unspecified atom stereocenters. The molecule has 2 fully saturated rings. The first-order valence-electron chi connectivity index (χ1n) is 6.69. The molecule has 88 valence electrons. The van der Waals surface area contributed by atoms with E-state index in [2.05, 4.69) is 31.0 Å². The van der Waals surface area contributed by atoms with Gasteiger partial charge in [-0.05, 0) is 38.5 Å². The van der Waals surface area contributed by atoms with Gasteiger partial charge in [0, 0.05) is 31.2 Å². The van der Waals surface area contributed by atoms with Crippen molar-refractivity contribution in [1.29, 1.82) is 0 Å². The Labute approximate surface area is 94.4 Å². The predicted octanol–water partition coefficient (Wildman–Crippen LogP) is 2.25. The third-order valence-corrected chi connectivity index (χ3v) is 3.95. The van der Waals surface area contributed by atoms with Crippen LogP contribution >= 0.6 is 0 Å². The maximum atomic E-state index is 3.79. The molecule has 1 saturated heterocycles. The molecule has 15 heavy (non-hydrogen) atoms. The Kier molecular flexibility index (Phi) is 3.68. The minimum absolute atomic E-state index is 0.759. The van der Waals surface area contributed by atoms with Crippen LogP contribution in [0.2, 0.25) is 0 Å². The lowest BCUT2D eigenvalue weighted by Gasteiger charge is -2.40. The highest BCUT2D eigenvalue weighted by Gasteiger charge is 2.31. The first-order chi connectivity index (χ1) is 7.19. The molecule has 1 aliphatic carbocycles. The van der Waals surface area contributed by atoms with Crippen molar-refractivity contribution < 1.29 is 0 Å². The fourth-order valence-electron chi connectivity index (χ4n) is 2.71. The van der Waals surface area contributed by atoms with Crippen molar-refractivity contribution in [3.63, 3.8) is 0 Å². The van der Waals surface area contributed by atoms with E-state index in [4.69, 9.17) is 0 Å². The van der Waals surface area contributed by atoms with E-state index in [1.807, 2.05) is 0 Å². The number of rotatable bonds is 4. The summed E-state index contributed by atoms with van der Waals surface area (Å²) in [6.45, 7) is 9.64. The molecular formula is C13H26N2. The quantitative estimate of drug-likeness (QED) is 0.765. The average molecular weight is 210 g/mol. The fraction of sp³-hybridized carbons (Fsp3) is 1.00. The predicted molar refractivity (Wildman–Crippen MR) is 65.1 cm³/mol. The van der Waals surface area contributed by atoms with Gasteiger partial charge in [-0.3, -0.25) is 4.90 Å². The Morgan fingerprint density at radius 2 is 2.00 bits per heavy atom. The highest BCUT2D eigenvalue weighted by Crippen LogP contribution is 2.24. The highest BCUT2D eigenvalue weighted by atomic mass is 15.2. The van der Waals surface area contributed by atoms with Gasteiger partial charge in [0.25, 0.3) is 0 Å². The van der Waals surface area contributed by atoms with Crippen LogP contribution in [-0.2, 0) is 0 Å². The summed E-state index contributed by atoms with van der Waals surface area (Å²) in [4.78, 5) is 2.67. The Morgan fingerprint density at radius 3 is 2.60 bits per heavy atom. The van der Waals surface area contributed by atoms with E-state index in [0.717, 1.165) is 24.0 Å². The van der Waals surface area contributed by atoms with Crippen LogP contribution in [0, 0.1) is 5.92 Å². The van der Waals surface area contributed by atoms with Crippen LogP contribution in [0.1, 0.15) is 46.5 Å². The number of nitrogens with zero attached hydrogens (tertiary/aromatic N) is 1. The molecule has 2 rings (SSSR count). The van der Waals surface area contributed by atoms with Gasteiger partial charge in [-0.2, -0.15) is 0 Å². The second kappa shape index (κ2) is 4.84. The molecule has 1 aliphatic heterocycles. The van der Waals surface area contributed by atoms with Crippen molar-refractivity contribution in [2.24, 2.45) is 5.92 Å². The molecule has 0 amide bonds. The number of piperidine rings is 1. The summed E-state index contributed by atoms with van der Waals surface area (Å²) in [5, 5.41) is 3.79. The Hall–Kier alpha value is -0.0800. The molecular weight excluding hydrogens is 184 g/mol. The molecule has 2 nitrogen and oxygen atoms in total. The van der Waals surface area contributed by atoms with Crippen LogP contribution < -0.4 is 5.32 Å². The summed E-state index contributed by atoms with van der Waals surface area (Å²) in [7, 11) is 0. The van der Waals surface area contributed by atoms with Gasteiger partial charge >= 0.3 is 0 Å². The molecule has 0 radical (unpaired) electrons. The molecule has 0 aromatic rings. The van der Waals surface area contributed by atoms with E-state index in [1.165, 1.54) is 38.8 Å². The normalized spacial score (nSPS) is 35.4. The van der Waals surface area contributed by atoms with E-state index >= 15 is 0 Å². The molecule has 0 spiro atoms. The van der Waals surface area contributed by atoms with Crippen molar-refractivity contribution in [2.45, 2.75) is 64.6 Å². The SMILES string of the molecule is CCC(C)N1CC(C)CC(NC2CC2)C1. The zero-order valence-corrected chi connectivity index (χ0v) is 10.5. The van der Waals surface area contributed by atoms with Gasteiger partial charge in [-0.1, -0.05) is 13.8 Å². The van der Waals surface area contributed by atoms with Crippen molar-refractivity contribution in [1.82, 2.24) is 10.2 Å². The van der Waals surface area contributed by atoms with Crippen LogP contribution in [-0.4, -0.2) is 36.1 Å². The molecule has 0 bridgehead atoms. The maximum Gasteiger partial charge on any atom is 0.0200 e.